The number of nitrogens with zero attached hydrogens (tertiary/aromatic N) is 1. The van der Waals surface area contributed by atoms with E-state index in [2.05, 4.69) is 10.3 Å². The Kier molecular flexibility index (Phi) is 4.12. The molecule has 5 heteroatoms. The molecule has 18 heavy (non-hydrogen) atoms. The van der Waals surface area contributed by atoms with E-state index in [1.807, 2.05) is 19.1 Å². The van der Waals surface area contributed by atoms with Crippen LogP contribution in [-0.2, 0) is 14.3 Å². The van der Waals surface area contributed by atoms with E-state index in [1.165, 1.54) is 0 Å². The highest BCUT2D eigenvalue weighted by Crippen LogP contribution is 2.29. The van der Waals surface area contributed by atoms with Crippen molar-refractivity contribution in [3.63, 3.8) is 0 Å². The fraction of sp³-hybridized carbons (Fsp3) is 0.615. The first kappa shape index (κ1) is 12.8. The smallest absolute Gasteiger partial charge is 0.230 e. The van der Waals surface area contributed by atoms with Gasteiger partial charge in [-0.1, -0.05) is 19.1 Å². The summed E-state index contributed by atoms with van der Waals surface area (Å²) in [5.74, 6) is 0.577. The molecule has 0 bridgehead atoms. The van der Waals surface area contributed by atoms with Gasteiger partial charge < -0.3 is 4.74 Å². The number of nitrogens with one attached hydrogen (secondary N) is 1. The topological polar surface area (TPSA) is 67.8 Å². The normalized spacial score (nSPS) is 28.8. The third kappa shape index (κ3) is 2.78. The summed E-state index contributed by atoms with van der Waals surface area (Å²) in [7, 11) is 0. The van der Waals surface area contributed by atoms with E-state index >= 15 is 0 Å². The van der Waals surface area contributed by atoms with Crippen LogP contribution in [0.15, 0.2) is 17.1 Å². The number of imide groups is 1. The Labute approximate surface area is 106 Å². The van der Waals surface area contributed by atoms with Crippen molar-refractivity contribution in [2.75, 3.05) is 13.2 Å². The molecule has 1 saturated heterocycles. The van der Waals surface area contributed by atoms with Gasteiger partial charge in [0.15, 0.2) is 5.90 Å². The maximum absolute atomic E-state index is 11.1. The van der Waals surface area contributed by atoms with Crippen LogP contribution in [0.4, 0.5) is 0 Å². The number of allylic oxidation sites excluding steroid dienone is 2. The van der Waals surface area contributed by atoms with E-state index < -0.39 is 0 Å². The monoisotopic (exact) mass is 250 g/mol. The highest BCUT2D eigenvalue weighted by Gasteiger charge is 2.40. The van der Waals surface area contributed by atoms with Gasteiger partial charge in [0.25, 0.3) is 0 Å². The van der Waals surface area contributed by atoms with Gasteiger partial charge in [0.1, 0.15) is 6.61 Å². The van der Waals surface area contributed by atoms with Crippen LogP contribution in [0.3, 0.4) is 0 Å². The van der Waals surface area contributed by atoms with E-state index in [9.17, 15) is 9.59 Å². The fourth-order valence-corrected chi connectivity index (χ4v) is 2.29. The molecule has 1 fully saturated rings. The maximum Gasteiger partial charge on any atom is 0.230 e. The average molecular weight is 250 g/mol. The maximum atomic E-state index is 11.1. The predicted octanol–water partition coefficient (Wildman–Crippen LogP) is 1.05. The van der Waals surface area contributed by atoms with Gasteiger partial charge in [-0.05, 0) is 12.8 Å². The van der Waals surface area contributed by atoms with Crippen molar-refractivity contribution >= 4 is 17.7 Å². The summed E-state index contributed by atoms with van der Waals surface area (Å²) in [5.41, 5.74) is 0. The van der Waals surface area contributed by atoms with Crippen LogP contribution >= 0.6 is 0 Å². The lowest BCUT2D eigenvalue weighted by atomic mass is 9.85. The molecule has 1 N–H and O–H groups in total. The number of rotatable bonds is 1. The molecule has 3 rings (SSSR count). The zero-order chi connectivity index (χ0) is 13.0. The lowest BCUT2D eigenvalue weighted by Gasteiger charge is -2.14. The molecule has 2 atom stereocenters. The standard InChI is InChI=1S/C8H9NO2.C5H9NO/c10-7-5-3-1-2-4-6(5)8(11)9-7;1-2-5-6-3-4-7-5/h1-2,5-6H,3-4H2,(H,9,10,11);2-4H2,1H3. The number of fused-ring (bicyclic) bond motifs is 1. The summed E-state index contributed by atoms with van der Waals surface area (Å²) in [6.07, 6.45) is 6.34. The van der Waals surface area contributed by atoms with E-state index in [4.69, 9.17) is 4.74 Å². The molecule has 0 aromatic heterocycles. The highest BCUT2D eigenvalue weighted by molar-refractivity contribution is 6.05. The fourth-order valence-electron chi connectivity index (χ4n) is 2.29. The van der Waals surface area contributed by atoms with Crippen molar-refractivity contribution < 1.29 is 14.3 Å². The average Bonchev–Trinajstić information content (AvgIpc) is 3.00. The molecule has 98 valence electrons. The molecular weight excluding hydrogens is 232 g/mol. The molecule has 2 aliphatic heterocycles. The molecule has 2 heterocycles. The molecule has 0 aromatic rings. The van der Waals surface area contributed by atoms with Gasteiger partial charge in [0, 0.05) is 6.42 Å². The highest BCUT2D eigenvalue weighted by atomic mass is 16.5. The van der Waals surface area contributed by atoms with Crippen LogP contribution in [0, 0.1) is 11.8 Å². The molecule has 0 spiro atoms. The number of carbonyl (C=O) groups excluding carboxylic acids is 2. The van der Waals surface area contributed by atoms with Crippen LogP contribution in [0.5, 0.6) is 0 Å². The van der Waals surface area contributed by atoms with Crippen LogP contribution in [0.2, 0.25) is 0 Å². The number of hydrogen-bond acceptors (Lipinski definition) is 4. The lowest BCUT2D eigenvalue weighted by molar-refractivity contribution is -0.126. The molecule has 0 aromatic carbocycles. The van der Waals surface area contributed by atoms with Gasteiger partial charge in [-0.3, -0.25) is 19.9 Å². The zero-order valence-electron chi connectivity index (χ0n) is 10.5. The number of hydrogen-bond donors (Lipinski definition) is 1. The van der Waals surface area contributed by atoms with E-state index in [1.54, 1.807) is 0 Å². The van der Waals surface area contributed by atoms with Gasteiger partial charge in [-0.2, -0.15) is 0 Å². The summed E-state index contributed by atoms with van der Waals surface area (Å²) >= 11 is 0. The first-order valence-electron chi connectivity index (χ1n) is 6.38. The van der Waals surface area contributed by atoms with Crippen LogP contribution in [0.25, 0.3) is 0 Å². The SMILES string of the molecule is CCC1=NCCO1.O=C1NC(=O)C2CC=CCC12. The number of ether oxygens (including phenoxy) is 1. The summed E-state index contributed by atoms with van der Waals surface area (Å²) in [6.45, 7) is 3.70. The second kappa shape index (κ2) is 5.80. The lowest BCUT2D eigenvalue weighted by Crippen LogP contribution is -2.21. The summed E-state index contributed by atoms with van der Waals surface area (Å²) < 4.78 is 5.05. The van der Waals surface area contributed by atoms with Gasteiger partial charge in [0.2, 0.25) is 11.8 Å². The molecule has 0 radical (unpaired) electrons. The zero-order valence-corrected chi connectivity index (χ0v) is 10.5. The Morgan fingerprint density at radius 2 is 1.89 bits per heavy atom. The second-order valence-electron chi connectivity index (χ2n) is 4.49. The molecule has 5 nitrogen and oxygen atoms in total. The Bertz CT molecular complexity index is 377. The van der Waals surface area contributed by atoms with Crippen molar-refractivity contribution in [2.24, 2.45) is 16.8 Å². The molecule has 1 aliphatic carbocycles. The van der Waals surface area contributed by atoms with Gasteiger partial charge in [-0.25, -0.2) is 0 Å². The summed E-state index contributed by atoms with van der Waals surface area (Å²) in [5, 5.41) is 2.34. The van der Waals surface area contributed by atoms with Crippen LogP contribution in [-0.4, -0.2) is 30.9 Å². The van der Waals surface area contributed by atoms with E-state index in [-0.39, 0.29) is 23.7 Å². The van der Waals surface area contributed by atoms with Crippen LogP contribution in [0.1, 0.15) is 26.2 Å². The first-order chi connectivity index (χ1) is 8.72. The Morgan fingerprint density at radius 3 is 2.28 bits per heavy atom. The molecular formula is C13H18N2O3. The van der Waals surface area contributed by atoms with Gasteiger partial charge >= 0.3 is 0 Å². The van der Waals surface area contributed by atoms with Crippen molar-refractivity contribution in [3.05, 3.63) is 12.2 Å². The first-order valence-corrected chi connectivity index (χ1v) is 6.38. The van der Waals surface area contributed by atoms with Crippen molar-refractivity contribution in [1.82, 2.24) is 5.32 Å². The largest absolute Gasteiger partial charge is 0.479 e. The molecule has 2 unspecified atom stereocenters. The van der Waals surface area contributed by atoms with E-state index in [0.29, 0.717) is 0 Å². The molecule has 2 amide bonds. The Morgan fingerprint density at radius 1 is 1.28 bits per heavy atom. The summed E-state index contributed by atoms with van der Waals surface area (Å²) in [6, 6.07) is 0. The minimum atomic E-state index is -0.0932. The predicted molar refractivity (Wildman–Crippen MR) is 67.0 cm³/mol. The van der Waals surface area contributed by atoms with Gasteiger partial charge in [-0.15, -0.1) is 0 Å². The van der Waals surface area contributed by atoms with Gasteiger partial charge in [0.05, 0.1) is 18.4 Å². The minimum absolute atomic E-state index is 0.0764. The quantitative estimate of drug-likeness (QED) is 0.558. The number of amides is 2. The minimum Gasteiger partial charge on any atom is -0.479 e. The third-order valence-corrected chi connectivity index (χ3v) is 3.30. The van der Waals surface area contributed by atoms with Crippen LogP contribution < -0.4 is 5.32 Å². The van der Waals surface area contributed by atoms with E-state index in [0.717, 1.165) is 38.3 Å². The Hall–Kier alpha value is -1.65. The number of carbonyl (C=O) groups is 2. The molecule has 3 aliphatic rings. The second-order valence-corrected chi connectivity index (χ2v) is 4.49. The van der Waals surface area contributed by atoms with Crippen molar-refractivity contribution in [2.45, 2.75) is 26.2 Å². The Balaban J connectivity index is 0.000000149. The number of aliphatic imine (C=N–C) groups is 1. The van der Waals surface area contributed by atoms with Crippen molar-refractivity contribution in [1.29, 1.82) is 0 Å². The van der Waals surface area contributed by atoms with Crippen molar-refractivity contribution in [3.8, 4) is 0 Å². The summed E-state index contributed by atoms with van der Waals surface area (Å²) in [4.78, 5) is 26.2. The molecule has 0 saturated carbocycles. The third-order valence-electron chi connectivity index (χ3n) is 3.30.